The van der Waals surface area contributed by atoms with E-state index in [9.17, 15) is 13.2 Å². The van der Waals surface area contributed by atoms with Crippen LogP contribution in [0.15, 0.2) is 36.4 Å². The Balaban J connectivity index is 1.83. The van der Waals surface area contributed by atoms with Gasteiger partial charge in [0.2, 0.25) is 15.9 Å². The van der Waals surface area contributed by atoms with Gasteiger partial charge in [-0.25, -0.2) is 8.42 Å². The standard InChI is InChI=1S/C23H30N2O3S/c1-15-9-10-16(2)22(13-15)25(29(5,27)28)18(4)23(26)24-17(3)20-12-11-19-7-6-8-21(19)14-20/h9-14,17-18H,6-8H2,1-5H3,(H,24,26)/t17-,18+/m1/s1. The molecule has 156 valence electrons. The van der Waals surface area contributed by atoms with Crippen molar-refractivity contribution in [1.82, 2.24) is 5.32 Å². The summed E-state index contributed by atoms with van der Waals surface area (Å²) in [6, 6.07) is 10.9. The highest BCUT2D eigenvalue weighted by atomic mass is 32.2. The van der Waals surface area contributed by atoms with E-state index in [2.05, 4.69) is 23.5 Å². The summed E-state index contributed by atoms with van der Waals surface area (Å²) in [6.07, 6.45) is 4.51. The van der Waals surface area contributed by atoms with Crippen molar-refractivity contribution in [2.24, 2.45) is 0 Å². The topological polar surface area (TPSA) is 66.5 Å². The Hall–Kier alpha value is -2.34. The summed E-state index contributed by atoms with van der Waals surface area (Å²) < 4.78 is 26.4. The van der Waals surface area contributed by atoms with Gasteiger partial charge in [0.05, 0.1) is 18.0 Å². The molecule has 0 fully saturated rings. The third-order valence-electron chi connectivity index (χ3n) is 5.67. The molecule has 0 aromatic heterocycles. The van der Waals surface area contributed by atoms with Crippen LogP contribution >= 0.6 is 0 Å². The number of rotatable bonds is 6. The van der Waals surface area contributed by atoms with Gasteiger partial charge in [-0.1, -0.05) is 30.3 Å². The van der Waals surface area contributed by atoms with Gasteiger partial charge >= 0.3 is 0 Å². The first-order valence-electron chi connectivity index (χ1n) is 10.1. The molecule has 6 heteroatoms. The van der Waals surface area contributed by atoms with Gasteiger partial charge in [0.15, 0.2) is 0 Å². The highest BCUT2D eigenvalue weighted by molar-refractivity contribution is 7.92. The number of amides is 1. The Labute approximate surface area is 174 Å². The number of fused-ring (bicyclic) bond motifs is 1. The van der Waals surface area contributed by atoms with Crippen molar-refractivity contribution >= 4 is 21.6 Å². The Morgan fingerprint density at radius 1 is 1.03 bits per heavy atom. The molecule has 2 aromatic rings. The zero-order chi connectivity index (χ0) is 21.3. The second-order valence-corrected chi connectivity index (χ2v) is 10.00. The van der Waals surface area contributed by atoms with E-state index in [0.29, 0.717) is 5.69 Å². The highest BCUT2D eigenvalue weighted by Crippen LogP contribution is 2.28. The van der Waals surface area contributed by atoms with Crippen LogP contribution in [0.5, 0.6) is 0 Å². The lowest BCUT2D eigenvalue weighted by atomic mass is 10.0. The number of nitrogens with one attached hydrogen (secondary N) is 1. The molecular weight excluding hydrogens is 384 g/mol. The van der Waals surface area contributed by atoms with E-state index < -0.39 is 16.1 Å². The van der Waals surface area contributed by atoms with Gasteiger partial charge in [-0.05, 0) is 80.8 Å². The van der Waals surface area contributed by atoms with Crippen LogP contribution in [0.25, 0.3) is 0 Å². The molecule has 0 radical (unpaired) electrons. The predicted molar refractivity (Wildman–Crippen MR) is 118 cm³/mol. The number of hydrogen-bond acceptors (Lipinski definition) is 3. The van der Waals surface area contributed by atoms with E-state index in [4.69, 9.17) is 0 Å². The Morgan fingerprint density at radius 3 is 2.41 bits per heavy atom. The van der Waals surface area contributed by atoms with E-state index in [1.807, 2.05) is 39.0 Å². The number of hydrogen-bond donors (Lipinski definition) is 1. The van der Waals surface area contributed by atoms with E-state index in [-0.39, 0.29) is 11.9 Å². The van der Waals surface area contributed by atoms with Crippen LogP contribution in [0.3, 0.4) is 0 Å². The molecule has 0 saturated heterocycles. The molecule has 5 nitrogen and oxygen atoms in total. The summed E-state index contributed by atoms with van der Waals surface area (Å²) in [5, 5.41) is 3.00. The molecule has 0 spiro atoms. The number of carbonyl (C=O) groups is 1. The molecule has 0 heterocycles. The van der Waals surface area contributed by atoms with E-state index in [1.54, 1.807) is 6.92 Å². The number of benzene rings is 2. The van der Waals surface area contributed by atoms with Crippen molar-refractivity contribution in [2.45, 2.75) is 59.0 Å². The molecule has 0 unspecified atom stereocenters. The summed E-state index contributed by atoms with van der Waals surface area (Å²) in [6.45, 7) is 7.33. The summed E-state index contributed by atoms with van der Waals surface area (Å²) in [5.41, 5.74) is 6.08. The number of sulfonamides is 1. The summed E-state index contributed by atoms with van der Waals surface area (Å²) in [4.78, 5) is 13.0. The first kappa shape index (κ1) is 21.4. The average Bonchev–Trinajstić information content (AvgIpc) is 3.11. The van der Waals surface area contributed by atoms with Crippen LogP contribution < -0.4 is 9.62 Å². The fraction of sp³-hybridized carbons (Fsp3) is 0.435. The zero-order valence-electron chi connectivity index (χ0n) is 17.8. The molecule has 0 aliphatic heterocycles. The van der Waals surface area contributed by atoms with Crippen LogP contribution in [0, 0.1) is 13.8 Å². The van der Waals surface area contributed by atoms with Crippen LogP contribution in [0.4, 0.5) is 5.69 Å². The quantitative estimate of drug-likeness (QED) is 0.781. The third kappa shape index (κ3) is 4.64. The first-order chi connectivity index (χ1) is 13.6. The first-order valence-corrected chi connectivity index (χ1v) is 11.9. The molecule has 1 N–H and O–H groups in total. The van der Waals surface area contributed by atoms with Crippen molar-refractivity contribution in [3.8, 4) is 0 Å². The summed E-state index contributed by atoms with van der Waals surface area (Å²) in [5.74, 6) is -0.315. The molecule has 2 atom stereocenters. The molecular formula is C23H30N2O3S. The molecule has 1 amide bonds. The second-order valence-electron chi connectivity index (χ2n) is 8.14. The van der Waals surface area contributed by atoms with Crippen molar-refractivity contribution in [3.63, 3.8) is 0 Å². The van der Waals surface area contributed by atoms with Gasteiger partial charge in [0, 0.05) is 0 Å². The zero-order valence-corrected chi connectivity index (χ0v) is 18.6. The molecule has 3 rings (SSSR count). The van der Waals surface area contributed by atoms with Crippen molar-refractivity contribution in [2.75, 3.05) is 10.6 Å². The van der Waals surface area contributed by atoms with Gasteiger partial charge in [-0.3, -0.25) is 9.10 Å². The smallest absolute Gasteiger partial charge is 0.244 e. The highest BCUT2D eigenvalue weighted by Gasteiger charge is 2.31. The minimum atomic E-state index is -3.64. The van der Waals surface area contributed by atoms with E-state index >= 15 is 0 Å². The number of carbonyl (C=O) groups excluding carboxylic acids is 1. The Kier molecular flexibility index (Phi) is 6.03. The van der Waals surface area contributed by atoms with Gasteiger partial charge < -0.3 is 5.32 Å². The lowest BCUT2D eigenvalue weighted by Crippen LogP contribution is -2.48. The Morgan fingerprint density at radius 2 is 1.72 bits per heavy atom. The SMILES string of the molecule is Cc1ccc(C)c(N([C@@H](C)C(=O)N[C@H](C)c2ccc3c(c2)CCC3)S(C)(=O)=O)c1. The monoisotopic (exact) mass is 414 g/mol. The van der Waals surface area contributed by atoms with Gasteiger partial charge in [0.25, 0.3) is 0 Å². The van der Waals surface area contributed by atoms with Gasteiger partial charge in [0.1, 0.15) is 6.04 Å². The van der Waals surface area contributed by atoms with Crippen LogP contribution in [0.2, 0.25) is 0 Å². The fourth-order valence-corrected chi connectivity index (χ4v) is 5.24. The van der Waals surface area contributed by atoms with E-state index in [1.165, 1.54) is 21.9 Å². The maximum absolute atomic E-state index is 13.0. The van der Waals surface area contributed by atoms with Crippen LogP contribution in [-0.2, 0) is 27.7 Å². The number of nitrogens with zero attached hydrogens (tertiary/aromatic N) is 1. The van der Waals surface area contributed by atoms with Gasteiger partial charge in [-0.15, -0.1) is 0 Å². The van der Waals surface area contributed by atoms with Crippen molar-refractivity contribution in [1.29, 1.82) is 0 Å². The van der Waals surface area contributed by atoms with Gasteiger partial charge in [-0.2, -0.15) is 0 Å². The minimum absolute atomic E-state index is 0.198. The Bertz CT molecular complexity index is 1030. The molecule has 1 aliphatic rings. The van der Waals surface area contributed by atoms with Crippen LogP contribution in [-0.4, -0.2) is 26.6 Å². The van der Waals surface area contributed by atoms with Crippen molar-refractivity contribution in [3.05, 3.63) is 64.2 Å². The maximum atomic E-state index is 13.0. The molecule has 1 aliphatic carbocycles. The maximum Gasteiger partial charge on any atom is 0.244 e. The second kappa shape index (κ2) is 8.19. The van der Waals surface area contributed by atoms with Crippen LogP contribution in [0.1, 0.15) is 54.1 Å². The lowest BCUT2D eigenvalue weighted by Gasteiger charge is -2.30. The summed E-state index contributed by atoms with van der Waals surface area (Å²) >= 11 is 0. The molecule has 0 saturated carbocycles. The number of aryl methyl sites for hydroxylation is 4. The predicted octanol–water partition coefficient (Wildman–Crippen LogP) is 3.82. The van der Waals surface area contributed by atoms with Crippen molar-refractivity contribution < 1.29 is 13.2 Å². The molecule has 0 bridgehead atoms. The fourth-order valence-electron chi connectivity index (χ4n) is 4.02. The van der Waals surface area contributed by atoms with E-state index in [0.717, 1.165) is 35.8 Å². The average molecular weight is 415 g/mol. The lowest BCUT2D eigenvalue weighted by molar-refractivity contribution is -0.122. The largest absolute Gasteiger partial charge is 0.348 e. The third-order valence-corrected chi connectivity index (χ3v) is 6.90. The molecule has 2 aromatic carbocycles. The normalized spacial score (nSPS) is 15.5. The number of anilines is 1. The summed E-state index contributed by atoms with van der Waals surface area (Å²) in [7, 11) is -3.64. The molecule has 29 heavy (non-hydrogen) atoms. The minimum Gasteiger partial charge on any atom is -0.348 e.